The molecule has 1 aliphatic rings. The summed E-state index contributed by atoms with van der Waals surface area (Å²) in [5.74, 6) is -2.64. The Kier molecular flexibility index (Phi) is 3.58. The van der Waals surface area contributed by atoms with Gasteiger partial charge >= 0.3 is 0 Å². The summed E-state index contributed by atoms with van der Waals surface area (Å²) in [6, 6.07) is -0.387. The molecule has 0 aliphatic carbocycles. The van der Waals surface area contributed by atoms with Gasteiger partial charge in [0.15, 0.2) is 0 Å². The van der Waals surface area contributed by atoms with Crippen LogP contribution >= 0.6 is 0 Å². The van der Waals surface area contributed by atoms with Crippen molar-refractivity contribution in [2.75, 3.05) is 26.2 Å². The van der Waals surface area contributed by atoms with Crippen molar-refractivity contribution in [2.24, 2.45) is 5.73 Å². The molecule has 0 aromatic carbocycles. The quantitative estimate of drug-likeness (QED) is 0.664. The number of rotatable bonds is 4. The first kappa shape index (κ1) is 10.8. The topological polar surface area (TPSA) is 49.5 Å². The summed E-state index contributed by atoms with van der Waals surface area (Å²) in [5, 5.41) is 8.86. The van der Waals surface area contributed by atoms with E-state index in [1.165, 1.54) is 0 Å². The van der Waals surface area contributed by atoms with Crippen LogP contribution in [-0.2, 0) is 0 Å². The summed E-state index contributed by atoms with van der Waals surface area (Å²) in [7, 11) is 0. The Hall–Kier alpha value is -0.260. The zero-order valence-electron chi connectivity index (χ0n) is 7.55. The largest absolute Gasteiger partial charge is 0.395 e. The molecule has 1 fully saturated rings. The van der Waals surface area contributed by atoms with E-state index in [9.17, 15) is 8.78 Å². The number of hydrogen-bond acceptors (Lipinski definition) is 3. The van der Waals surface area contributed by atoms with Crippen molar-refractivity contribution in [1.82, 2.24) is 4.90 Å². The van der Waals surface area contributed by atoms with E-state index < -0.39 is 5.92 Å². The monoisotopic (exact) mass is 194 g/mol. The molecule has 1 saturated heterocycles. The Balaban J connectivity index is 2.43. The molecular weight excluding hydrogens is 178 g/mol. The lowest BCUT2D eigenvalue weighted by atomic mass is 10.2. The van der Waals surface area contributed by atoms with Gasteiger partial charge in [0.25, 0.3) is 5.92 Å². The fourth-order valence-corrected chi connectivity index (χ4v) is 1.70. The maximum absolute atomic E-state index is 12.9. The molecule has 1 heterocycles. The van der Waals surface area contributed by atoms with Gasteiger partial charge in [-0.05, 0) is 19.5 Å². The normalized spacial score (nSPS) is 28.2. The zero-order chi connectivity index (χ0) is 9.90. The summed E-state index contributed by atoms with van der Waals surface area (Å²) < 4.78 is 25.7. The van der Waals surface area contributed by atoms with Crippen LogP contribution in [0.1, 0.15) is 12.8 Å². The second kappa shape index (κ2) is 4.30. The van der Waals surface area contributed by atoms with Crippen molar-refractivity contribution in [3.63, 3.8) is 0 Å². The van der Waals surface area contributed by atoms with Crippen molar-refractivity contribution in [1.29, 1.82) is 0 Å². The molecule has 3 nitrogen and oxygen atoms in total. The summed E-state index contributed by atoms with van der Waals surface area (Å²) >= 11 is 0. The average molecular weight is 194 g/mol. The molecule has 1 atom stereocenters. The molecule has 5 heteroatoms. The van der Waals surface area contributed by atoms with E-state index in [1.54, 1.807) is 4.90 Å². The highest BCUT2D eigenvalue weighted by molar-refractivity contribution is 4.89. The predicted molar refractivity (Wildman–Crippen MR) is 45.7 cm³/mol. The SMILES string of the molecule is NCCCN1CC(F)(F)CC1CO. The Labute approximate surface area is 76.5 Å². The minimum Gasteiger partial charge on any atom is -0.395 e. The summed E-state index contributed by atoms with van der Waals surface area (Å²) in [6.07, 6.45) is 0.473. The second-order valence-electron chi connectivity index (χ2n) is 3.51. The zero-order valence-corrected chi connectivity index (χ0v) is 7.55. The van der Waals surface area contributed by atoms with Crippen molar-refractivity contribution < 1.29 is 13.9 Å². The highest BCUT2D eigenvalue weighted by Crippen LogP contribution is 2.31. The van der Waals surface area contributed by atoms with E-state index in [0.29, 0.717) is 19.5 Å². The molecule has 78 valence electrons. The van der Waals surface area contributed by atoms with Crippen molar-refractivity contribution >= 4 is 0 Å². The molecular formula is C8H16F2N2O. The average Bonchev–Trinajstić information content (AvgIpc) is 2.37. The first-order chi connectivity index (χ1) is 6.09. The van der Waals surface area contributed by atoms with E-state index in [4.69, 9.17) is 10.8 Å². The number of likely N-dealkylation sites (tertiary alicyclic amines) is 1. The van der Waals surface area contributed by atoms with Gasteiger partial charge in [0.05, 0.1) is 13.2 Å². The summed E-state index contributed by atoms with van der Waals surface area (Å²) in [5.41, 5.74) is 5.28. The number of nitrogens with zero attached hydrogens (tertiary/aromatic N) is 1. The molecule has 0 amide bonds. The molecule has 0 spiro atoms. The van der Waals surface area contributed by atoms with Gasteiger partial charge in [-0.25, -0.2) is 8.78 Å². The van der Waals surface area contributed by atoms with Gasteiger partial charge in [0.1, 0.15) is 0 Å². The molecule has 0 aromatic heterocycles. The van der Waals surface area contributed by atoms with Crippen LogP contribution in [0.3, 0.4) is 0 Å². The minimum atomic E-state index is -2.64. The van der Waals surface area contributed by atoms with E-state index >= 15 is 0 Å². The van der Waals surface area contributed by atoms with Crippen LogP contribution in [0.4, 0.5) is 8.78 Å². The van der Waals surface area contributed by atoms with Gasteiger partial charge in [-0.15, -0.1) is 0 Å². The van der Waals surface area contributed by atoms with Crippen LogP contribution in [0.15, 0.2) is 0 Å². The highest BCUT2D eigenvalue weighted by Gasteiger charge is 2.43. The van der Waals surface area contributed by atoms with Crippen LogP contribution in [-0.4, -0.2) is 48.2 Å². The van der Waals surface area contributed by atoms with Gasteiger partial charge in [0, 0.05) is 12.5 Å². The van der Waals surface area contributed by atoms with E-state index in [-0.39, 0.29) is 25.6 Å². The fourth-order valence-electron chi connectivity index (χ4n) is 1.70. The lowest BCUT2D eigenvalue weighted by Crippen LogP contribution is -2.34. The Morgan fingerprint density at radius 2 is 2.23 bits per heavy atom. The minimum absolute atomic E-state index is 0.194. The standard InChI is InChI=1S/C8H16F2N2O/c9-8(10)4-7(5-13)12(6-8)3-1-2-11/h7,13H,1-6,11H2. The van der Waals surface area contributed by atoms with Crippen molar-refractivity contribution in [3.8, 4) is 0 Å². The molecule has 3 N–H and O–H groups in total. The number of aliphatic hydroxyl groups excluding tert-OH is 1. The molecule has 0 radical (unpaired) electrons. The maximum Gasteiger partial charge on any atom is 0.262 e. The first-order valence-corrected chi connectivity index (χ1v) is 4.52. The Bertz CT molecular complexity index is 166. The number of aliphatic hydroxyl groups is 1. The van der Waals surface area contributed by atoms with Gasteiger partial charge in [-0.1, -0.05) is 0 Å². The third-order valence-electron chi connectivity index (χ3n) is 2.35. The molecule has 1 rings (SSSR count). The fraction of sp³-hybridized carbons (Fsp3) is 1.00. The van der Waals surface area contributed by atoms with Crippen LogP contribution in [0.5, 0.6) is 0 Å². The third-order valence-corrected chi connectivity index (χ3v) is 2.35. The van der Waals surface area contributed by atoms with Crippen LogP contribution < -0.4 is 5.73 Å². The van der Waals surface area contributed by atoms with Crippen LogP contribution in [0.25, 0.3) is 0 Å². The Morgan fingerprint density at radius 3 is 2.77 bits per heavy atom. The number of alkyl halides is 2. The summed E-state index contributed by atoms with van der Waals surface area (Å²) in [4.78, 5) is 1.62. The van der Waals surface area contributed by atoms with E-state index in [2.05, 4.69) is 0 Å². The van der Waals surface area contributed by atoms with Gasteiger partial charge in [-0.2, -0.15) is 0 Å². The van der Waals surface area contributed by atoms with Gasteiger partial charge < -0.3 is 10.8 Å². The first-order valence-electron chi connectivity index (χ1n) is 4.52. The van der Waals surface area contributed by atoms with Gasteiger partial charge in [-0.3, -0.25) is 4.90 Å². The summed E-state index contributed by atoms with van der Waals surface area (Å²) in [6.45, 7) is 0.621. The molecule has 13 heavy (non-hydrogen) atoms. The van der Waals surface area contributed by atoms with Crippen LogP contribution in [0.2, 0.25) is 0 Å². The molecule has 0 saturated carbocycles. The number of nitrogens with two attached hydrogens (primary N) is 1. The highest BCUT2D eigenvalue weighted by atomic mass is 19.3. The predicted octanol–water partition coefficient (Wildman–Crippen LogP) is 0.0371. The number of halogens is 2. The van der Waals surface area contributed by atoms with Crippen molar-refractivity contribution in [3.05, 3.63) is 0 Å². The smallest absolute Gasteiger partial charge is 0.262 e. The second-order valence-corrected chi connectivity index (χ2v) is 3.51. The Morgan fingerprint density at radius 1 is 1.54 bits per heavy atom. The maximum atomic E-state index is 12.9. The third kappa shape index (κ3) is 2.86. The van der Waals surface area contributed by atoms with E-state index in [0.717, 1.165) is 0 Å². The van der Waals surface area contributed by atoms with E-state index in [1.807, 2.05) is 0 Å². The van der Waals surface area contributed by atoms with Crippen LogP contribution in [0, 0.1) is 0 Å². The molecule has 0 bridgehead atoms. The number of hydrogen-bond donors (Lipinski definition) is 2. The molecule has 1 aliphatic heterocycles. The lowest BCUT2D eigenvalue weighted by Gasteiger charge is -2.20. The van der Waals surface area contributed by atoms with Crippen molar-refractivity contribution in [2.45, 2.75) is 24.8 Å². The molecule has 1 unspecified atom stereocenters. The molecule has 0 aromatic rings. The lowest BCUT2D eigenvalue weighted by molar-refractivity contribution is 0.0117. The van der Waals surface area contributed by atoms with Gasteiger partial charge in [0.2, 0.25) is 0 Å².